The van der Waals surface area contributed by atoms with Crippen LogP contribution in [0.3, 0.4) is 0 Å². The molecule has 47 heavy (non-hydrogen) atoms. The van der Waals surface area contributed by atoms with Gasteiger partial charge in [0.15, 0.2) is 0 Å². The summed E-state index contributed by atoms with van der Waals surface area (Å²) in [5.74, 6) is -0.689. The number of nitrogens with zero attached hydrogens (tertiary/aromatic N) is 4. The molecule has 5 amide bonds. The first-order valence-corrected chi connectivity index (χ1v) is 15.6. The normalized spacial score (nSPS) is 18.0. The molecule has 0 spiro atoms. The van der Waals surface area contributed by atoms with Gasteiger partial charge >= 0.3 is 6.03 Å². The summed E-state index contributed by atoms with van der Waals surface area (Å²) in [6.07, 6.45) is 3.38. The van der Waals surface area contributed by atoms with E-state index in [1.807, 2.05) is 36.4 Å². The van der Waals surface area contributed by atoms with Gasteiger partial charge < -0.3 is 25.5 Å². The number of hydrazine groups is 1. The number of carbonyl (C=O) groups is 4. The molecule has 0 bridgehead atoms. The summed E-state index contributed by atoms with van der Waals surface area (Å²) in [6, 6.07) is 21.8. The summed E-state index contributed by atoms with van der Waals surface area (Å²) in [6.45, 7) is 8.61. The Morgan fingerprint density at radius 3 is 2.36 bits per heavy atom. The molecule has 5 rings (SSSR count). The first kappa shape index (κ1) is 33.0. The lowest BCUT2D eigenvalue weighted by Crippen LogP contribution is -2.76. The number of nitrogens with one attached hydrogen (secondary N) is 2. The number of piperazine rings is 1. The van der Waals surface area contributed by atoms with E-state index in [1.165, 1.54) is 22.0 Å². The van der Waals surface area contributed by atoms with E-state index in [-0.39, 0.29) is 62.6 Å². The van der Waals surface area contributed by atoms with Crippen LogP contribution in [0.25, 0.3) is 0 Å². The van der Waals surface area contributed by atoms with Crippen molar-refractivity contribution < 1.29 is 24.3 Å². The molecule has 0 unspecified atom stereocenters. The maximum absolute atomic E-state index is 14.2. The van der Waals surface area contributed by atoms with Gasteiger partial charge in [-0.3, -0.25) is 14.4 Å². The predicted octanol–water partition coefficient (Wildman–Crippen LogP) is 3.43. The van der Waals surface area contributed by atoms with Crippen molar-refractivity contribution in [3.8, 4) is 5.75 Å². The molecular weight excluding hydrogens is 596 g/mol. The van der Waals surface area contributed by atoms with Gasteiger partial charge in [-0.2, -0.15) is 0 Å². The third kappa shape index (κ3) is 7.87. The number of carbonyl (C=O) groups excluding carboxylic acids is 4. The molecule has 0 saturated carbocycles. The number of urea groups is 1. The molecule has 2 heterocycles. The van der Waals surface area contributed by atoms with Gasteiger partial charge in [-0.05, 0) is 47.4 Å². The van der Waals surface area contributed by atoms with E-state index in [0.717, 1.165) is 16.7 Å². The van der Waals surface area contributed by atoms with Crippen LogP contribution in [0.2, 0.25) is 0 Å². The van der Waals surface area contributed by atoms with Gasteiger partial charge in [0.05, 0.1) is 13.1 Å². The smallest absolute Gasteiger partial charge is 0.334 e. The quantitative estimate of drug-likeness (QED) is 0.207. The Morgan fingerprint density at radius 2 is 1.64 bits per heavy atom. The topological polar surface area (TPSA) is 126 Å². The first-order valence-electron chi connectivity index (χ1n) is 15.6. The number of hydrogen-bond acceptors (Lipinski definition) is 6. The number of amides is 5. The second-order valence-electron chi connectivity index (χ2n) is 11.5. The third-order valence-electron chi connectivity index (χ3n) is 8.23. The van der Waals surface area contributed by atoms with Gasteiger partial charge in [-0.15, -0.1) is 13.2 Å². The molecule has 3 N–H and O–H groups in total. The Balaban J connectivity index is 1.47. The summed E-state index contributed by atoms with van der Waals surface area (Å²) in [7, 11) is 0. The van der Waals surface area contributed by atoms with Crippen molar-refractivity contribution in [2.45, 2.75) is 38.1 Å². The molecule has 2 fully saturated rings. The van der Waals surface area contributed by atoms with E-state index >= 15 is 0 Å². The molecule has 0 aliphatic carbocycles. The highest BCUT2D eigenvalue weighted by Crippen LogP contribution is 2.30. The summed E-state index contributed by atoms with van der Waals surface area (Å²) in [4.78, 5) is 57.9. The van der Waals surface area contributed by atoms with Crippen molar-refractivity contribution in [2.75, 3.05) is 26.2 Å². The maximum atomic E-state index is 14.2. The van der Waals surface area contributed by atoms with Crippen molar-refractivity contribution in [1.29, 1.82) is 0 Å². The third-order valence-corrected chi connectivity index (χ3v) is 8.23. The highest BCUT2D eigenvalue weighted by atomic mass is 16.3. The molecule has 2 aliphatic rings. The summed E-state index contributed by atoms with van der Waals surface area (Å²) in [5.41, 5.74) is 2.86. The van der Waals surface area contributed by atoms with Gasteiger partial charge in [0.1, 0.15) is 18.0 Å². The van der Waals surface area contributed by atoms with Gasteiger partial charge in [0.25, 0.3) is 5.91 Å². The van der Waals surface area contributed by atoms with E-state index in [9.17, 15) is 24.3 Å². The van der Waals surface area contributed by atoms with Gasteiger partial charge in [-0.25, -0.2) is 14.8 Å². The lowest BCUT2D eigenvalue weighted by atomic mass is 9.98. The Kier molecular flexibility index (Phi) is 10.7. The number of rotatable bonds is 12. The molecule has 3 aromatic carbocycles. The Hall–Kier alpha value is -5.42. The zero-order valence-corrected chi connectivity index (χ0v) is 26.3. The molecule has 0 radical (unpaired) electrons. The van der Waals surface area contributed by atoms with E-state index in [2.05, 4.69) is 23.8 Å². The second-order valence-corrected chi connectivity index (χ2v) is 11.5. The van der Waals surface area contributed by atoms with Crippen molar-refractivity contribution >= 4 is 23.8 Å². The predicted molar refractivity (Wildman–Crippen MR) is 178 cm³/mol. The van der Waals surface area contributed by atoms with Crippen LogP contribution in [0.15, 0.2) is 104 Å². The van der Waals surface area contributed by atoms with Crippen molar-refractivity contribution in [3.63, 3.8) is 0 Å². The van der Waals surface area contributed by atoms with Crippen LogP contribution < -0.4 is 10.6 Å². The summed E-state index contributed by atoms with van der Waals surface area (Å²) < 4.78 is 0. The highest BCUT2D eigenvalue weighted by Gasteiger charge is 2.51. The molecule has 2 saturated heterocycles. The molecular formula is C36H40N6O5. The number of benzene rings is 3. The van der Waals surface area contributed by atoms with Crippen LogP contribution in [0, 0.1) is 0 Å². The minimum atomic E-state index is -0.911. The number of phenolic OH excluding ortho intramolecular Hbond substituents is 1. The molecule has 244 valence electrons. The fourth-order valence-corrected chi connectivity index (χ4v) is 5.97. The largest absolute Gasteiger partial charge is 0.508 e. The Morgan fingerprint density at radius 1 is 0.894 bits per heavy atom. The molecule has 0 aromatic heterocycles. The van der Waals surface area contributed by atoms with Crippen LogP contribution in [-0.4, -0.2) is 87.1 Å². The van der Waals surface area contributed by atoms with Gasteiger partial charge in [-0.1, -0.05) is 66.7 Å². The van der Waals surface area contributed by atoms with Crippen molar-refractivity contribution in [1.82, 2.24) is 30.5 Å². The molecule has 2 aliphatic heterocycles. The van der Waals surface area contributed by atoms with Crippen LogP contribution in [0.1, 0.15) is 33.5 Å². The number of hydrogen-bond donors (Lipinski definition) is 3. The Bertz CT molecular complexity index is 1610. The van der Waals surface area contributed by atoms with Crippen LogP contribution in [0.4, 0.5) is 4.79 Å². The highest BCUT2D eigenvalue weighted by molar-refractivity contribution is 5.94. The Labute approximate surface area is 274 Å². The van der Waals surface area contributed by atoms with E-state index in [4.69, 9.17) is 0 Å². The fraction of sp³-hybridized carbons (Fsp3) is 0.278. The summed E-state index contributed by atoms with van der Waals surface area (Å²) >= 11 is 0. The van der Waals surface area contributed by atoms with E-state index in [1.54, 1.807) is 52.4 Å². The van der Waals surface area contributed by atoms with E-state index in [0.29, 0.717) is 18.5 Å². The average Bonchev–Trinajstić information content (AvgIpc) is 3.07. The first-order chi connectivity index (χ1) is 22.8. The zero-order valence-electron chi connectivity index (χ0n) is 26.3. The standard InChI is InChI=1S/C36H40N6O5/c1-3-5-18-37-34(45)29-13-9-12-28(20-29)23-39-24-32-41(31(35(39)46)21-26-14-16-30(43)17-15-26)33(44)25-40(19-4-2)42(32)36(47)38-22-27-10-7-6-8-11-27/h3-4,6-17,20,31-32,43H,1-2,5,18-19,21-25H2,(H,37,45)(H,38,47)/t31-,32-/m0/s1. The number of phenols is 1. The molecule has 11 nitrogen and oxygen atoms in total. The van der Waals surface area contributed by atoms with Gasteiger partial charge in [0.2, 0.25) is 11.8 Å². The molecule has 11 heteroatoms. The number of fused-ring (bicyclic) bond motifs is 1. The van der Waals surface area contributed by atoms with Crippen LogP contribution >= 0.6 is 0 Å². The van der Waals surface area contributed by atoms with Crippen molar-refractivity contribution in [3.05, 3.63) is 126 Å². The van der Waals surface area contributed by atoms with Crippen molar-refractivity contribution in [2.24, 2.45) is 0 Å². The van der Waals surface area contributed by atoms with Crippen LogP contribution in [0.5, 0.6) is 5.75 Å². The fourth-order valence-electron chi connectivity index (χ4n) is 5.97. The minimum Gasteiger partial charge on any atom is -0.508 e. The second kappa shape index (κ2) is 15.2. The van der Waals surface area contributed by atoms with Gasteiger partial charge in [0, 0.05) is 38.2 Å². The molecule has 3 aromatic rings. The van der Waals surface area contributed by atoms with Crippen LogP contribution in [-0.2, 0) is 29.1 Å². The summed E-state index contributed by atoms with van der Waals surface area (Å²) in [5, 5.41) is 18.9. The number of aromatic hydroxyl groups is 1. The zero-order chi connectivity index (χ0) is 33.3. The van der Waals surface area contributed by atoms with E-state index < -0.39 is 18.2 Å². The monoisotopic (exact) mass is 636 g/mol. The molecule has 2 atom stereocenters. The average molecular weight is 637 g/mol. The lowest BCUT2D eigenvalue weighted by Gasteiger charge is -2.55. The minimum absolute atomic E-state index is 0.0544. The SMILES string of the molecule is C=CCCNC(=O)c1cccc(CN2C[C@H]3N(C(=O)CN(CC=C)N3C(=O)NCc3ccccc3)[C@@H](Cc3ccc(O)cc3)C2=O)c1. The lowest BCUT2D eigenvalue weighted by molar-refractivity contribution is -0.189. The maximum Gasteiger partial charge on any atom is 0.334 e.